The van der Waals surface area contributed by atoms with Crippen molar-refractivity contribution in [2.24, 2.45) is 5.73 Å². The molecule has 2 N–H and O–H groups in total. The van der Waals surface area contributed by atoms with Crippen molar-refractivity contribution in [3.05, 3.63) is 35.4 Å². The molecule has 12 heavy (non-hydrogen) atoms. The van der Waals surface area contributed by atoms with Crippen LogP contribution >= 0.6 is 0 Å². The molecule has 0 heterocycles. The van der Waals surface area contributed by atoms with Crippen LogP contribution < -0.4 is 5.73 Å². The van der Waals surface area contributed by atoms with Crippen LogP contribution in [-0.4, -0.2) is 12.3 Å². The van der Waals surface area contributed by atoms with Gasteiger partial charge in [0.05, 0.1) is 6.54 Å². The van der Waals surface area contributed by atoms with Gasteiger partial charge >= 0.3 is 0 Å². The summed E-state index contributed by atoms with van der Waals surface area (Å²) < 4.78 is 0. The zero-order chi connectivity index (χ0) is 8.97. The first-order chi connectivity index (χ1) is 5.79. The maximum atomic E-state index is 11.3. The van der Waals surface area contributed by atoms with Crippen molar-refractivity contribution < 1.29 is 4.79 Å². The molecule has 0 aliphatic heterocycles. The van der Waals surface area contributed by atoms with Crippen LogP contribution in [0.3, 0.4) is 0 Å². The highest BCUT2D eigenvalue weighted by Gasteiger charge is 2.06. The molecule has 0 aliphatic carbocycles. The largest absolute Gasteiger partial charge is 0.324 e. The van der Waals surface area contributed by atoms with Gasteiger partial charge in [0.15, 0.2) is 5.78 Å². The summed E-state index contributed by atoms with van der Waals surface area (Å²) in [5.41, 5.74) is 7.12. The third-order valence-corrected chi connectivity index (χ3v) is 1.88. The number of ketones is 1. The molecule has 1 aromatic rings. The Bertz CT molecular complexity index is 281. The Kier molecular flexibility index (Phi) is 3.00. The van der Waals surface area contributed by atoms with Crippen LogP contribution in [0.15, 0.2) is 24.3 Å². The molecule has 0 radical (unpaired) electrons. The van der Waals surface area contributed by atoms with E-state index in [1.807, 2.05) is 31.2 Å². The van der Waals surface area contributed by atoms with E-state index in [1.165, 1.54) is 0 Å². The van der Waals surface area contributed by atoms with E-state index in [1.54, 1.807) is 0 Å². The smallest absolute Gasteiger partial charge is 0.176 e. The molecule has 0 amide bonds. The predicted molar refractivity (Wildman–Crippen MR) is 49.2 cm³/mol. The summed E-state index contributed by atoms with van der Waals surface area (Å²) in [6.45, 7) is 2.12. The van der Waals surface area contributed by atoms with Gasteiger partial charge in [-0.15, -0.1) is 0 Å². The quantitative estimate of drug-likeness (QED) is 0.684. The third-order valence-electron chi connectivity index (χ3n) is 1.88. The molecular formula is C10H13NO. The topological polar surface area (TPSA) is 43.1 Å². The summed E-state index contributed by atoms with van der Waals surface area (Å²) in [7, 11) is 0. The highest BCUT2D eigenvalue weighted by molar-refractivity contribution is 5.98. The second-order valence-electron chi connectivity index (χ2n) is 2.64. The predicted octanol–water partition coefficient (Wildman–Crippen LogP) is 1.39. The van der Waals surface area contributed by atoms with E-state index in [4.69, 9.17) is 5.73 Å². The first-order valence-corrected chi connectivity index (χ1v) is 4.10. The first-order valence-electron chi connectivity index (χ1n) is 4.10. The highest BCUT2D eigenvalue weighted by Crippen LogP contribution is 2.09. The van der Waals surface area contributed by atoms with E-state index in [0.717, 1.165) is 17.5 Å². The summed E-state index contributed by atoms with van der Waals surface area (Å²) in [6.07, 6.45) is 0.877. The third kappa shape index (κ3) is 1.71. The summed E-state index contributed by atoms with van der Waals surface area (Å²) in [6, 6.07) is 7.59. The Labute approximate surface area is 72.4 Å². The van der Waals surface area contributed by atoms with Crippen molar-refractivity contribution in [3.8, 4) is 0 Å². The lowest BCUT2D eigenvalue weighted by atomic mass is 10.0. The van der Waals surface area contributed by atoms with Crippen molar-refractivity contribution >= 4 is 5.78 Å². The van der Waals surface area contributed by atoms with Gasteiger partial charge in [0.2, 0.25) is 0 Å². The maximum Gasteiger partial charge on any atom is 0.176 e. The molecule has 0 spiro atoms. The lowest BCUT2D eigenvalue weighted by Gasteiger charge is -2.03. The summed E-state index contributed by atoms with van der Waals surface area (Å²) in [5, 5.41) is 0. The molecule has 0 unspecified atom stereocenters. The summed E-state index contributed by atoms with van der Waals surface area (Å²) in [5.74, 6) is 0.0208. The van der Waals surface area contributed by atoms with E-state index in [-0.39, 0.29) is 12.3 Å². The summed E-state index contributed by atoms with van der Waals surface area (Å²) >= 11 is 0. The number of hydrogen-bond donors (Lipinski definition) is 1. The molecule has 0 aromatic heterocycles. The number of aryl methyl sites for hydroxylation is 1. The Morgan fingerprint density at radius 3 is 2.67 bits per heavy atom. The minimum Gasteiger partial charge on any atom is -0.324 e. The van der Waals surface area contributed by atoms with Gasteiger partial charge in [-0.1, -0.05) is 31.2 Å². The molecule has 0 bridgehead atoms. The van der Waals surface area contributed by atoms with E-state index in [9.17, 15) is 4.79 Å². The molecule has 2 nitrogen and oxygen atoms in total. The number of carbonyl (C=O) groups excluding carboxylic acids is 1. The van der Waals surface area contributed by atoms with Gasteiger partial charge in [0, 0.05) is 5.56 Å². The normalized spacial score (nSPS) is 9.83. The second-order valence-corrected chi connectivity index (χ2v) is 2.64. The fourth-order valence-electron chi connectivity index (χ4n) is 1.21. The first kappa shape index (κ1) is 8.94. The Morgan fingerprint density at radius 2 is 2.08 bits per heavy atom. The van der Waals surface area contributed by atoms with Crippen molar-refractivity contribution in [1.82, 2.24) is 0 Å². The van der Waals surface area contributed by atoms with Crippen LogP contribution in [-0.2, 0) is 6.42 Å². The summed E-state index contributed by atoms with van der Waals surface area (Å²) in [4.78, 5) is 11.3. The average molecular weight is 163 g/mol. The molecule has 1 aromatic carbocycles. The van der Waals surface area contributed by atoms with Gasteiger partial charge in [-0.3, -0.25) is 4.79 Å². The maximum absolute atomic E-state index is 11.3. The number of rotatable bonds is 3. The molecule has 2 heteroatoms. The second kappa shape index (κ2) is 4.02. The van der Waals surface area contributed by atoms with Crippen LogP contribution in [0.4, 0.5) is 0 Å². The van der Waals surface area contributed by atoms with Gasteiger partial charge < -0.3 is 5.73 Å². The zero-order valence-corrected chi connectivity index (χ0v) is 7.21. The molecular weight excluding hydrogens is 150 g/mol. The van der Waals surface area contributed by atoms with Crippen LogP contribution in [0, 0.1) is 0 Å². The van der Waals surface area contributed by atoms with Crippen molar-refractivity contribution in [2.45, 2.75) is 13.3 Å². The van der Waals surface area contributed by atoms with Crippen LogP contribution in [0.2, 0.25) is 0 Å². The molecule has 64 valence electrons. The van der Waals surface area contributed by atoms with E-state index >= 15 is 0 Å². The number of carbonyl (C=O) groups is 1. The fraction of sp³-hybridized carbons (Fsp3) is 0.300. The minimum absolute atomic E-state index is 0.0208. The van der Waals surface area contributed by atoms with Gasteiger partial charge in [0.25, 0.3) is 0 Å². The zero-order valence-electron chi connectivity index (χ0n) is 7.21. The van der Waals surface area contributed by atoms with E-state index in [2.05, 4.69) is 0 Å². The molecule has 0 saturated heterocycles. The standard InChI is InChI=1S/C10H13NO/c1-2-8-5-3-4-6-9(8)10(12)7-11/h3-6H,2,7,11H2,1H3. The fourth-order valence-corrected chi connectivity index (χ4v) is 1.21. The van der Waals surface area contributed by atoms with Gasteiger partial charge in [-0.05, 0) is 12.0 Å². The Balaban J connectivity index is 3.04. The van der Waals surface area contributed by atoms with Gasteiger partial charge in [0.1, 0.15) is 0 Å². The van der Waals surface area contributed by atoms with Gasteiger partial charge in [-0.25, -0.2) is 0 Å². The number of benzene rings is 1. The Morgan fingerprint density at radius 1 is 1.42 bits per heavy atom. The van der Waals surface area contributed by atoms with Crippen LogP contribution in [0.5, 0.6) is 0 Å². The number of nitrogens with two attached hydrogens (primary N) is 1. The molecule has 0 saturated carbocycles. The molecule has 0 aliphatic rings. The van der Waals surface area contributed by atoms with Crippen LogP contribution in [0.25, 0.3) is 0 Å². The minimum atomic E-state index is 0.0208. The Hall–Kier alpha value is -1.15. The lowest BCUT2D eigenvalue weighted by molar-refractivity contribution is 0.100. The van der Waals surface area contributed by atoms with Gasteiger partial charge in [-0.2, -0.15) is 0 Å². The lowest BCUT2D eigenvalue weighted by Crippen LogP contribution is -2.15. The van der Waals surface area contributed by atoms with Crippen molar-refractivity contribution in [3.63, 3.8) is 0 Å². The van der Waals surface area contributed by atoms with E-state index < -0.39 is 0 Å². The number of Topliss-reactive ketones (excluding diaryl/α,β-unsaturated/α-hetero) is 1. The van der Waals surface area contributed by atoms with Crippen LogP contribution in [0.1, 0.15) is 22.8 Å². The SMILES string of the molecule is CCc1ccccc1C(=O)CN. The molecule has 0 atom stereocenters. The van der Waals surface area contributed by atoms with Crippen molar-refractivity contribution in [2.75, 3.05) is 6.54 Å². The average Bonchev–Trinajstić information content (AvgIpc) is 2.16. The highest BCUT2D eigenvalue weighted by atomic mass is 16.1. The molecule has 0 fully saturated rings. The van der Waals surface area contributed by atoms with Crippen molar-refractivity contribution in [1.29, 1.82) is 0 Å². The number of hydrogen-bond acceptors (Lipinski definition) is 2. The monoisotopic (exact) mass is 163 g/mol. The molecule has 1 rings (SSSR count). The van der Waals surface area contributed by atoms with E-state index in [0.29, 0.717) is 0 Å².